The minimum atomic E-state index is -0.254. The van der Waals surface area contributed by atoms with Gasteiger partial charge in [-0.15, -0.1) is 0 Å². The van der Waals surface area contributed by atoms with Gasteiger partial charge >= 0.3 is 0 Å². The molecule has 2 N–H and O–H groups in total. The first-order valence-corrected chi connectivity index (χ1v) is 7.81. The van der Waals surface area contributed by atoms with Crippen LogP contribution in [0.5, 0.6) is 0 Å². The number of pyridine rings is 1. The van der Waals surface area contributed by atoms with Gasteiger partial charge in [-0.3, -0.25) is 9.69 Å². The minimum absolute atomic E-state index is 0.0265. The Balaban J connectivity index is 2.00. The van der Waals surface area contributed by atoms with Gasteiger partial charge in [-0.05, 0) is 50.8 Å². The van der Waals surface area contributed by atoms with E-state index in [2.05, 4.69) is 29.9 Å². The van der Waals surface area contributed by atoms with Crippen LogP contribution in [0.15, 0.2) is 28.6 Å². The van der Waals surface area contributed by atoms with Crippen LogP contribution in [-0.4, -0.2) is 34.7 Å². The van der Waals surface area contributed by atoms with Crippen molar-refractivity contribution < 1.29 is 5.11 Å². The highest BCUT2D eigenvalue weighted by Gasteiger charge is 2.57. The number of aliphatic hydroxyl groups is 1. The van der Waals surface area contributed by atoms with Gasteiger partial charge in [-0.1, -0.05) is 11.6 Å². The lowest BCUT2D eigenvalue weighted by Crippen LogP contribution is -2.63. The highest BCUT2D eigenvalue weighted by atomic mass is 16.3. The maximum absolute atomic E-state index is 11.7. The number of aromatic nitrogens is 1. The minimum Gasteiger partial charge on any atom is -0.393 e. The molecule has 1 saturated heterocycles. The molecule has 1 aromatic heterocycles. The molecule has 0 radical (unpaired) electrons. The zero-order valence-electron chi connectivity index (χ0n) is 12.6. The maximum Gasteiger partial charge on any atom is 0.248 e. The van der Waals surface area contributed by atoms with Gasteiger partial charge in [0.15, 0.2) is 0 Å². The van der Waals surface area contributed by atoms with E-state index in [9.17, 15) is 9.90 Å². The van der Waals surface area contributed by atoms with Crippen LogP contribution < -0.4 is 5.56 Å². The van der Waals surface area contributed by atoms with Gasteiger partial charge < -0.3 is 10.1 Å². The summed E-state index contributed by atoms with van der Waals surface area (Å²) in [5, 5.41) is 10.7. The van der Waals surface area contributed by atoms with Gasteiger partial charge in [0.25, 0.3) is 0 Å². The lowest BCUT2D eigenvalue weighted by molar-refractivity contribution is -0.101. The van der Waals surface area contributed by atoms with Gasteiger partial charge in [0.05, 0.1) is 11.6 Å². The summed E-state index contributed by atoms with van der Waals surface area (Å²) in [4.78, 5) is 17.1. The van der Waals surface area contributed by atoms with E-state index in [0.717, 1.165) is 31.5 Å². The molecule has 2 aliphatic carbocycles. The number of nitrogens with zero attached hydrogens (tertiary/aromatic N) is 1. The first kappa shape index (κ1) is 13.3. The molecular weight excluding hydrogens is 264 g/mol. The van der Waals surface area contributed by atoms with Gasteiger partial charge in [0.2, 0.25) is 5.56 Å². The number of aliphatic hydroxyl groups excluding tert-OH is 1. The summed E-state index contributed by atoms with van der Waals surface area (Å²) >= 11 is 0. The highest BCUT2D eigenvalue weighted by Crippen LogP contribution is 2.56. The molecule has 0 unspecified atom stereocenters. The van der Waals surface area contributed by atoms with E-state index in [4.69, 9.17) is 0 Å². The van der Waals surface area contributed by atoms with Gasteiger partial charge in [0.1, 0.15) is 0 Å². The molecule has 0 saturated carbocycles. The van der Waals surface area contributed by atoms with Crippen molar-refractivity contribution in [3.05, 3.63) is 45.4 Å². The number of hydrogen-bond acceptors (Lipinski definition) is 3. The second-order valence-corrected chi connectivity index (χ2v) is 7.00. The molecule has 0 spiro atoms. The summed E-state index contributed by atoms with van der Waals surface area (Å²) < 4.78 is 0. The van der Waals surface area contributed by atoms with Crippen molar-refractivity contribution in [1.29, 1.82) is 0 Å². The summed E-state index contributed by atoms with van der Waals surface area (Å²) in [6.45, 7) is 3.09. The molecule has 21 heavy (non-hydrogen) atoms. The van der Waals surface area contributed by atoms with E-state index in [1.807, 2.05) is 6.07 Å². The number of fused-ring (bicyclic) bond motifs is 1. The van der Waals surface area contributed by atoms with Gasteiger partial charge in [0, 0.05) is 24.2 Å². The fraction of sp³-hybridized carbons (Fsp3) is 0.588. The standard InChI is InChI=1S/C17H22N2O2/c1-10-7-11-8-13-12(3-4-15(21)18-13)17(9-10)16(11)14(20)5-6-19(17)2/h3-4,7,11,14,16,20H,5-6,8-9H2,1-2H3,(H,18,21)/t11-,14+,16-,17-/m0/s1. The molecule has 4 nitrogen and oxygen atoms in total. The van der Waals surface area contributed by atoms with E-state index >= 15 is 0 Å². The Kier molecular flexibility index (Phi) is 2.72. The summed E-state index contributed by atoms with van der Waals surface area (Å²) in [6, 6.07) is 3.62. The largest absolute Gasteiger partial charge is 0.393 e. The van der Waals surface area contributed by atoms with Crippen molar-refractivity contribution in [2.45, 2.75) is 37.8 Å². The zero-order valence-corrected chi connectivity index (χ0v) is 12.6. The number of allylic oxidation sites excluding steroid dienone is 1. The second kappa shape index (κ2) is 4.31. The highest BCUT2D eigenvalue weighted by molar-refractivity contribution is 5.40. The van der Waals surface area contributed by atoms with Crippen LogP contribution in [0.2, 0.25) is 0 Å². The Morgan fingerprint density at radius 2 is 2.24 bits per heavy atom. The molecular formula is C17H22N2O2. The predicted octanol–water partition coefficient (Wildman–Crippen LogP) is 1.41. The molecule has 4 rings (SSSR count). The Labute approximate surface area is 124 Å². The number of piperidine rings is 1. The van der Waals surface area contributed by atoms with Crippen molar-refractivity contribution in [3.8, 4) is 0 Å². The van der Waals surface area contributed by atoms with Crippen LogP contribution in [0.4, 0.5) is 0 Å². The predicted molar refractivity (Wildman–Crippen MR) is 81.1 cm³/mol. The van der Waals surface area contributed by atoms with Crippen molar-refractivity contribution >= 4 is 0 Å². The smallest absolute Gasteiger partial charge is 0.248 e. The SMILES string of the molecule is CC1=C[C@H]2Cc3[nH]c(=O)ccc3[C@@]3(C1)[C@@H]2[C@H](O)CCN3C. The Morgan fingerprint density at radius 3 is 3.05 bits per heavy atom. The molecule has 2 heterocycles. The monoisotopic (exact) mass is 286 g/mol. The third-order valence-electron chi connectivity index (χ3n) is 5.82. The van der Waals surface area contributed by atoms with E-state index in [-0.39, 0.29) is 23.1 Å². The molecule has 3 aliphatic rings. The van der Waals surface area contributed by atoms with E-state index in [0.29, 0.717) is 5.92 Å². The lowest BCUT2D eigenvalue weighted by atomic mass is 9.55. The number of hydrogen-bond donors (Lipinski definition) is 2. The third kappa shape index (κ3) is 1.66. The molecule has 0 aromatic carbocycles. The average Bonchev–Trinajstić information content (AvgIpc) is 2.41. The van der Waals surface area contributed by atoms with Crippen molar-refractivity contribution in [2.24, 2.45) is 11.8 Å². The van der Waals surface area contributed by atoms with E-state index in [1.165, 1.54) is 11.1 Å². The normalized spacial score (nSPS) is 38.4. The molecule has 0 amide bonds. The molecule has 1 aromatic rings. The number of aromatic amines is 1. The Morgan fingerprint density at radius 1 is 1.43 bits per heavy atom. The average molecular weight is 286 g/mol. The second-order valence-electron chi connectivity index (χ2n) is 7.00. The van der Waals surface area contributed by atoms with Crippen LogP contribution in [0.3, 0.4) is 0 Å². The summed E-state index contributed by atoms with van der Waals surface area (Å²) in [6.07, 6.45) is 4.68. The number of likely N-dealkylation sites (tertiary alicyclic amines) is 1. The molecule has 2 bridgehead atoms. The topological polar surface area (TPSA) is 56.3 Å². The van der Waals surface area contributed by atoms with Crippen LogP contribution in [0.25, 0.3) is 0 Å². The quantitative estimate of drug-likeness (QED) is 0.709. The van der Waals surface area contributed by atoms with Crippen LogP contribution in [-0.2, 0) is 12.0 Å². The Hall–Kier alpha value is -1.39. The van der Waals surface area contributed by atoms with Crippen molar-refractivity contribution in [3.63, 3.8) is 0 Å². The van der Waals surface area contributed by atoms with Crippen LogP contribution in [0.1, 0.15) is 31.0 Å². The number of nitrogens with one attached hydrogen (secondary N) is 1. The van der Waals surface area contributed by atoms with Crippen LogP contribution >= 0.6 is 0 Å². The first-order chi connectivity index (χ1) is 10.0. The summed E-state index contributed by atoms with van der Waals surface area (Å²) in [5.41, 5.74) is 3.50. The fourth-order valence-corrected chi connectivity index (χ4v) is 5.11. The van der Waals surface area contributed by atoms with Gasteiger partial charge in [-0.25, -0.2) is 0 Å². The third-order valence-corrected chi connectivity index (χ3v) is 5.82. The maximum atomic E-state index is 11.7. The molecule has 112 valence electrons. The van der Waals surface area contributed by atoms with Crippen molar-refractivity contribution in [2.75, 3.05) is 13.6 Å². The molecule has 4 heteroatoms. The first-order valence-electron chi connectivity index (χ1n) is 7.81. The lowest BCUT2D eigenvalue weighted by Gasteiger charge is -2.60. The summed E-state index contributed by atoms with van der Waals surface area (Å²) in [5.74, 6) is 0.556. The Bertz CT molecular complexity index is 678. The molecule has 1 aliphatic heterocycles. The van der Waals surface area contributed by atoms with Crippen LogP contribution in [0, 0.1) is 11.8 Å². The van der Waals surface area contributed by atoms with Crippen molar-refractivity contribution in [1.82, 2.24) is 9.88 Å². The molecule has 1 fully saturated rings. The summed E-state index contributed by atoms with van der Waals surface area (Å²) in [7, 11) is 2.16. The molecule has 4 atom stereocenters. The van der Waals surface area contributed by atoms with Gasteiger partial charge in [-0.2, -0.15) is 0 Å². The number of H-pyrrole nitrogens is 1. The van der Waals surface area contributed by atoms with E-state index in [1.54, 1.807) is 6.07 Å². The van der Waals surface area contributed by atoms with E-state index < -0.39 is 0 Å². The fourth-order valence-electron chi connectivity index (χ4n) is 5.11. The zero-order chi connectivity index (χ0) is 14.8. The number of rotatable bonds is 0.